The lowest BCUT2D eigenvalue weighted by Crippen LogP contribution is -2.33. The maximum Gasteiger partial charge on any atom is 0.260 e. The summed E-state index contributed by atoms with van der Waals surface area (Å²) in [5, 5.41) is 36.4. The number of nitrogens with zero attached hydrogens (tertiary/aromatic N) is 6. The van der Waals surface area contributed by atoms with Gasteiger partial charge in [0.25, 0.3) is 11.4 Å². The lowest BCUT2D eigenvalue weighted by molar-refractivity contribution is -0.583. The lowest BCUT2D eigenvalue weighted by atomic mass is 10.1. The molecule has 4 aromatic rings. The van der Waals surface area contributed by atoms with Crippen LogP contribution in [0.4, 0.5) is 0 Å². The van der Waals surface area contributed by atoms with Crippen LogP contribution in [0.3, 0.4) is 0 Å². The van der Waals surface area contributed by atoms with Gasteiger partial charge in [-0.2, -0.15) is 15.0 Å². The lowest BCUT2D eigenvalue weighted by Gasteiger charge is -2.10. The zero-order valence-electron chi connectivity index (χ0n) is 14.6. The number of rotatable bonds is 2. The number of imidazole rings is 1. The van der Waals surface area contributed by atoms with Crippen molar-refractivity contribution in [3.8, 4) is 17.6 Å². The molecule has 0 amide bonds. The predicted molar refractivity (Wildman–Crippen MR) is 94.7 cm³/mol. The molecule has 0 saturated carbocycles. The minimum Gasteiger partial charge on any atom is -0.618 e. The zero-order chi connectivity index (χ0) is 19.5. The number of hydrogen-bond donors (Lipinski definition) is 1. The zero-order valence-corrected chi connectivity index (χ0v) is 15.3. The molecule has 3 aromatic heterocycles. The van der Waals surface area contributed by atoms with Crippen molar-refractivity contribution in [3.63, 3.8) is 0 Å². The van der Waals surface area contributed by atoms with Gasteiger partial charge in [-0.1, -0.05) is 16.8 Å². The molecule has 3 heterocycles. The van der Waals surface area contributed by atoms with E-state index in [4.69, 9.17) is 16.1 Å². The molecule has 0 aliphatic heterocycles. The van der Waals surface area contributed by atoms with E-state index < -0.39 is 5.60 Å². The SMILES string of the molecule is Cc1c2c(-c3noc(C(C)(C)O)n3)ncn2c2ccc(Cl)c(C#N)c2[n+]1[O-]. The molecule has 27 heavy (non-hydrogen) atoms. The van der Waals surface area contributed by atoms with Gasteiger partial charge < -0.3 is 14.8 Å². The maximum absolute atomic E-state index is 12.9. The van der Waals surface area contributed by atoms with Crippen molar-refractivity contribution in [1.82, 2.24) is 19.5 Å². The molecular formula is C17H13ClN6O3. The summed E-state index contributed by atoms with van der Waals surface area (Å²) in [6, 6.07) is 5.17. The Balaban J connectivity index is 2.08. The quantitative estimate of drug-likeness (QED) is 0.414. The van der Waals surface area contributed by atoms with Crippen molar-refractivity contribution >= 4 is 28.2 Å². The van der Waals surface area contributed by atoms with Gasteiger partial charge in [-0.05, 0) is 26.0 Å². The van der Waals surface area contributed by atoms with E-state index in [1.54, 1.807) is 23.5 Å². The highest BCUT2D eigenvalue weighted by atomic mass is 35.5. The monoisotopic (exact) mass is 384 g/mol. The second-order valence-electron chi connectivity index (χ2n) is 6.58. The first-order valence-electron chi connectivity index (χ1n) is 7.92. The van der Waals surface area contributed by atoms with Crippen molar-refractivity contribution in [2.75, 3.05) is 0 Å². The predicted octanol–water partition coefficient (Wildman–Crippen LogP) is 2.23. The van der Waals surface area contributed by atoms with E-state index in [1.807, 2.05) is 6.07 Å². The van der Waals surface area contributed by atoms with Gasteiger partial charge in [-0.3, -0.25) is 4.40 Å². The van der Waals surface area contributed by atoms with Gasteiger partial charge in [0.05, 0.1) is 5.02 Å². The van der Waals surface area contributed by atoms with Crippen LogP contribution in [0.2, 0.25) is 5.02 Å². The molecule has 0 atom stereocenters. The summed E-state index contributed by atoms with van der Waals surface area (Å²) in [5.41, 5.74) is 0.496. The second kappa shape index (κ2) is 5.64. The second-order valence-corrected chi connectivity index (χ2v) is 6.98. The van der Waals surface area contributed by atoms with Crippen LogP contribution in [0.15, 0.2) is 23.0 Å². The first-order chi connectivity index (χ1) is 12.7. The Labute approximate surface area is 157 Å². The summed E-state index contributed by atoms with van der Waals surface area (Å²) in [5.74, 6) is 0.178. The van der Waals surface area contributed by atoms with Gasteiger partial charge in [0, 0.05) is 6.92 Å². The van der Waals surface area contributed by atoms with E-state index in [0.717, 1.165) is 0 Å². The third kappa shape index (κ3) is 2.42. The fraction of sp³-hybridized carbons (Fsp3) is 0.235. The Kier molecular flexibility index (Phi) is 3.59. The molecule has 0 bridgehead atoms. The molecular weight excluding hydrogens is 372 g/mol. The molecule has 0 saturated heterocycles. The van der Waals surface area contributed by atoms with Crippen molar-refractivity contribution in [2.45, 2.75) is 26.4 Å². The van der Waals surface area contributed by atoms with Gasteiger partial charge in [-0.15, -0.1) is 0 Å². The van der Waals surface area contributed by atoms with E-state index in [2.05, 4.69) is 15.1 Å². The van der Waals surface area contributed by atoms with Crippen molar-refractivity contribution in [1.29, 1.82) is 5.26 Å². The fourth-order valence-corrected chi connectivity index (χ4v) is 3.13. The van der Waals surface area contributed by atoms with Crippen molar-refractivity contribution < 1.29 is 14.4 Å². The number of fused-ring (bicyclic) bond motifs is 3. The number of hydrogen-bond acceptors (Lipinski definition) is 7. The molecule has 1 aromatic carbocycles. The summed E-state index contributed by atoms with van der Waals surface area (Å²) in [7, 11) is 0. The number of aromatic nitrogens is 5. The molecule has 136 valence electrons. The van der Waals surface area contributed by atoms with E-state index in [-0.39, 0.29) is 27.8 Å². The van der Waals surface area contributed by atoms with Crippen LogP contribution in [0.5, 0.6) is 0 Å². The van der Waals surface area contributed by atoms with Gasteiger partial charge in [-0.25, -0.2) is 4.98 Å². The fourth-order valence-electron chi connectivity index (χ4n) is 2.93. The number of benzene rings is 1. The first-order valence-corrected chi connectivity index (χ1v) is 8.30. The molecule has 0 fully saturated rings. The largest absolute Gasteiger partial charge is 0.618 e. The number of halogens is 1. The normalized spacial score (nSPS) is 12.0. The summed E-state index contributed by atoms with van der Waals surface area (Å²) in [6.07, 6.45) is 1.51. The van der Waals surface area contributed by atoms with Gasteiger partial charge in [0.1, 0.15) is 40.3 Å². The van der Waals surface area contributed by atoms with Crippen LogP contribution in [0.1, 0.15) is 31.0 Å². The van der Waals surface area contributed by atoms with E-state index in [1.165, 1.54) is 20.2 Å². The Morgan fingerprint density at radius 2 is 2.15 bits per heavy atom. The average molecular weight is 385 g/mol. The number of nitriles is 1. The van der Waals surface area contributed by atoms with Crippen LogP contribution in [0.25, 0.3) is 28.1 Å². The molecule has 4 rings (SSSR count). The third-order valence-corrected chi connectivity index (χ3v) is 4.57. The molecule has 0 aliphatic carbocycles. The van der Waals surface area contributed by atoms with E-state index in [0.29, 0.717) is 27.2 Å². The molecule has 10 heteroatoms. The molecule has 0 spiro atoms. The summed E-state index contributed by atoms with van der Waals surface area (Å²) in [6.45, 7) is 4.65. The van der Waals surface area contributed by atoms with E-state index in [9.17, 15) is 15.6 Å². The minimum atomic E-state index is -1.31. The van der Waals surface area contributed by atoms with Crippen LogP contribution < -0.4 is 4.73 Å². The highest BCUT2D eigenvalue weighted by Crippen LogP contribution is 2.30. The van der Waals surface area contributed by atoms with Crippen LogP contribution in [0, 0.1) is 23.5 Å². The Morgan fingerprint density at radius 3 is 2.78 bits per heavy atom. The summed E-state index contributed by atoms with van der Waals surface area (Å²) < 4.78 is 7.43. The number of aliphatic hydroxyl groups is 1. The molecule has 0 aliphatic rings. The van der Waals surface area contributed by atoms with Crippen LogP contribution in [-0.2, 0) is 5.60 Å². The van der Waals surface area contributed by atoms with Gasteiger partial charge in [0.2, 0.25) is 11.5 Å². The van der Waals surface area contributed by atoms with Crippen molar-refractivity contribution in [3.05, 3.63) is 45.8 Å². The summed E-state index contributed by atoms with van der Waals surface area (Å²) in [4.78, 5) is 8.50. The smallest absolute Gasteiger partial charge is 0.260 e. The Bertz CT molecular complexity index is 1260. The van der Waals surface area contributed by atoms with E-state index >= 15 is 0 Å². The Morgan fingerprint density at radius 1 is 1.41 bits per heavy atom. The topological polar surface area (TPSA) is 127 Å². The average Bonchev–Trinajstić information content (AvgIpc) is 3.25. The minimum absolute atomic E-state index is 0.0330. The molecule has 0 unspecified atom stereocenters. The highest BCUT2D eigenvalue weighted by Gasteiger charge is 2.28. The molecule has 1 N–H and O–H groups in total. The third-order valence-electron chi connectivity index (χ3n) is 4.26. The van der Waals surface area contributed by atoms with Gasteiger partial charge >= 0.3 is 0 Å². The van der Waals surface area contributed by atoms with Crippen molar-refractivity contribution in [2.24, 2.45) is 0 Å². The standard InChI is InChI=1S/C17H13ClN6O3/c1-8-13-12(15-21-16(27-22-15)17(2,3)25)20-7-23(13)11-5-4-10(18)9(6-19)14(11)24(8)26/h4-5,7,25H,1-3H3. The highest BCUT2D eigenvalue weighted by molar-refractivity contribution is 6.32. The maximum atomic E-state index is 12.9. The van der Waals surface area contributed by atoms with Crippen LogP contribution in [-0.4, -0.2) is 24.6 Å². The van der Waals surface area contributed by atoms with Gasteiger partial charge in [0.15, 0.2) is 0 Å². The summed E-state index contributed by atoms with van der Waals surface area (Å²) >= 11 is 6.07. The Hall–Kier alpha value is -3.22. The first kappa shape index (κ1) is 17.2. The molecule has 9 nitrogen and oxygen atoms in total. The van der Waals surface area contributed by atoms with Crippen LogP contribution >= 0.6 is 11.6 Å². The molecule has 0 radical (unpaired) electrons. The number of aryl methyl sites for hydroxylation is 1.